The van der Waals surface area contributed by atoms with E-state index in [1.807, 2.05) is 39.0 Å². The highest BCUT2D eigenvalue weighted by atomic mass is 16.5. The topological polar surface area (TPSA) is 59.6 Å². The maximum atomic E-state index is 11.5. The fourth-order valence-electron chi connectivity index (χ4n) is 1.62. The molecule has 1 aromatic carbocycles. The van der Waals surface area contributed by atoms with E-state index in [1.54, 1.807) is 0 Å². The molecule has 1 rings (SSSR count). The molecule has 0 unspecified atom stereocenters. The average molecular weight is 266 g/mol. The maximum Gasteiger partial charge on any atom is 0.239 e. The number of ether oxygens (including phenoxy) is 2. The van der Waals surface area contributed by atoms with Gasteiger partial charge in [0.1, 0.15) is 11.5 Å². The van der Waals surface area contributed by atoms with Crippen molar-refractivity contribution in [1.29, 1.82) is 0 Å². The summed E-state index contributed by atoms with van der Waals surface area (Å²) in [6, 6.07) is 5.54. The molecule has 0 radical (unpaired) electrons. The third kappa shape index (κ3) is 5.07. The number of carbonyl (C=O) groups is 1. The van der Waals surface area contributed by atoms with Crippen molar-refractivity contribution < 1.29 is 14.3 Å². The largest absolute Gasteiger partial charge is 0.494 e. The Morgan fingerprint density at radius 2 is 1.89 bits per heavy atom. The lowest BCUT2D eigenvalue weighted by molar-refractivity contribution is -0.119. The van der Waals surface area contributed by atoms with Crippen LogP contribution in [0.5, 0.6) is 11.5 Å². The number of benzene rings is 1. The van der Waals surface area contributed by atoms with Crippen LogP contribution in [0, 0.1) is 0 Å². The molecule has 0 saturated carbocycles. The van der Waals surface area contributed by atoms with Gasteiger partial charge in [-0.25, -0.2) is 0 Å². The van der Waals surface area contributed by atoms with Gasteiger partial charge in [-0.3, -0.25) is 4.79 Å². The van der Waals surface area contributed by atoms with Gasteiger partial charge in [0.2, 0.25) is 5.91 Å². The van der Waals surface area contributed by atoms with E-state index in [9.17, 15) is 4.79 Å². The van der Waals surface area contributed by atoms with E-state index in [2.05, 4.69) is 10.6 Å². The molecule has 2 N–H and O–H groups in total. The van der Waals surface area contributed by atoms with E-state index in [0.717, 1.165) is 17.2 Å². The van der Waals surface area contributed by atoms with Crippen LogP contribution in [0.1, 0.15) is 20.8 Å². The molecular weight excluding hydrogens is 244 g/mol. The molecule has 0 heterocycles. The fourth-order valence-corrected chi connectivity index (χ4v) is 1.62. The van der Waals surface area contributed by atoms with Crippen LogP contribution in [0.25, 0.3) is 0 Å². The Labute approximate surface area is 114 Å². The second kappa shape index (κ2) is 8.24. The SMILES string of the molecule is CCNC(=O)CNc1cc(OCC)ccc1OCC. The second-order valence-electron chi connectivity index (χ2n) is 3.83. The van der Waals surface area contributed by atoms with Crippen LogP contribution in [0.15, 0.2) is 18.2 Å². The Hall–Kier alpha value is -1.91. The number of amides is 1. The Kier molecular flexibility index (Phi) is 6.57. The van der Waals surface area contributed by atoms with Crippen LogP contribution in [0.3, 0.4) is 0 Å². The van der Waals surface area contributed by atoms with Gasteiger partial charge in [0.05, 0.1) is 25.4 Å². The molecule has 0 fully saturated rings. The molecule has 5 nitrogen and oxygen atoms in total. The van der Waals surface area contributed by atoms with Crippen LogP contribution < -0.4 is 20.1 Å². The first-order valence-electron chi connectivity index (χ1n) is 6.61. The van der Waals surface area contributed by atoms with E-state index < -0.39 is 0 Å². The van der Waals surface area contributed by atoms with Crippen LogP contribution in [-0.2, 0) is 4.79 Å². The van der Waals surface area contributed by atoms with E-state index >= 15 is 0 Å². The van der Waals surface area contributed by atoms with Crippen LogP contribution in [0.4, 0.5) is 5.69 Å². The maximum absolute atomic E-state index is 11.5. The van der Waals surface area contributed by atoms with Crippen molar-refractivity contribution in [3.8, 4) is 11.5 Å². The summed E-state index contributed by atoms with van der Waals surface area (Å²) in [4.78, 5) is 11.5. The molecule has 0 saturated heterocycles. The highest BCUT2D eigenvalue weighted by molar-refractivity contribution is 5.81. The van der Waals surface area contributed by atoms with Crippen molar-refractivity contribution in [2.45, 2.75) is 20.8 Å². The Morgan fingerprint density at radius 3 is 2.53 bits per heavy atom. The van der Waals surface area contributed by atoms with Crippen molar-refractivity contribution in [3.05, 3.63) is 18.2 Å². The average Bonchev–Trinajstić information content (AvgIpc) is 2.40. The summed E-state index contributed by atoms with van der Waals surface area (Å²) in [5.74, 6) is 1.42. The summed E-state index contributed by atoms with van der Waals surface area (Å²) in [6.07, 6.45) is 0. The van der Waals surface area contributed by atoms with Gasteiger partial charge in [-0.2, -0.15) is 0 Å². The molecule has 5 heteroatoms. The van der Waals surface area contributed by atoms with Crippen LogP contribution in [0.2, 0.25) is 0 Å². The zero-order valence-corrected chi connectivity index (χ0v) is 11.8. The summed E-state index contributed by atoms with van der Waals surface area (Å²) in [5.41, 5.74) is 0.763. The summed E-state index contributed by atoms with van der Waals surface area (Å²) in [5, 5.41) is 5.80. The predicted molar refractivity (Wildman–Crippen MR) is 76.0 cm³/mol. The molecule has 1 aromatic rings. The minimum atomic E-state index is -0.0493. The normalized spacial score (nSPS) is 9.84. The van der Waals surface area contributed by atoms with Gasteiger partial charge >= 0.3 is 0 Å². The molecule has 0 aliphatic heterocycles. The lowest BCUT2D eigenvalue weighted by Gasteiger charge is -2.14. The van der Waals surface area contributed by atoms with Gasteiger partial charge in [-0.15, -0.1) is 0 Å². The molecule has 0 aromatic heterocycles. The standard InChI is InChI=1S/C14H22N2O3/c1-4-15-14(17)10-16-12-9-11(18-5-2)7-8-13(12)19-6-3/h7-9,16H,4-6,10H2,1-3H3,(H,15,17). The molecule has 0 spiro atoms. The third-order valence-electron chi connectivity index (χ3n) is 2.38. The molecule has 19 heavy (non-hydrogen) atoms. The molecular formula is C14H22N2O3. The monoisotopic (exact) mass is 266 g/mol. The van der Waals surface area contributed by atoms with Crippen molar-refractivity contribution >= 4 is 11.6 Å². The molecule has 0 atom stereocenters. The van der Waals surface area contributed by atoms with Gasteiger partial charge in [0, 0.05) is 12.6 Å². The van der Waals surface area contributed by atoms with Crippen molar-refractivity contribution in [2.24, 2.45) is 0 Å². The van der Waals surface area contributed by atoms with Crippen LogP contribution in [-0.4, -0.2) is 32.2 Å². The van der Waals surface area contributed by atoms with Crippen LogP contribution >= 0.6 is 0 Å². The van der Waals surface area contributed by atoms with Gasteiger partial charge in [-0.1, -0.05) is 0 Å². The lowest BCUT2D eigenvalue weighted by Crippen LogP contribution is -2.29. The number of hydrogen-bond donors (Lipinski definition) is 2. The molecule has 0 bridgehead atoms. The first-order chi connectivity index (χ1) is 9.21. The summed E-state index contributed by atoms with van der Waals surface area (Å²) >= 11 is 0. The predicted octanol–water partition coefficient (Wildman–Crippen LogP) is 2.03. The van der Waals surface area contributed by atoms with Crippen molar-refractivity contribution in [2.75, 3.05) is 31.6 Å². The number of likely N-dealkylation sites (N-methyl/N-ethyl adjacent to an activating group) is 1. The number of carbonyl (C=O) groups excluding carboxylic acids is 1. The third-order valence-corrected chi connectivity index (χ3v) is 2.38. The first-order valence-corrected chi connectivity index (χ1v) is 6.61. The van der Waals surface area contributed by atoms with Crippen molar-refractivity contribution in [3.63, 3.8) is 0 Å². The first kappa shape index (κ1) is 15.1. The number of hydrogen-bond acceptors (Lipinski definition) is 4. The summed E-state index contributed by atoms with van der Waals surface area (Å²) in [6.45, 7) is 7.75. The number of anilines is 1. The van der Waals surface area contributed by atoms with Gasteiger partial charge in [0.15, 0.2) is 0 Å². The second-order valence-corrected chi connectivity index (χ2v) is 3.83. The van der Waals surface area contributed by atoms with Gasteiger partial charge in [0.25, 0.3) is 0 Å². The molecule has 0 aliphatic rings. The van der Waals surface area contributed by atoms with Gasteiger partial charge in [-0.05, 0) is 32.9 Å². The Balaban J connectivity index is 2.75. The Morgan fingerprint density at radius 1 is 1.16 bits per heavy atom. The Bertz CT molecular complexity index is 408. The van der Waals surface area contributed by atoms with E-state index in [0.29, 0.717) is 19.8 Å². The fraction of sp³-hybridized carbons (Fsp3) is 0.500. The smallest absolute Gasteiger partial charge is 0.239 e. The van der Waals surface area contributed by atoms with Crippen molar-refractivity contribution in [1.82, 2.24) is 5.32 Å². The quantitative estimate of drug-likeness (QED) is 0.756. The molecule has 1 amide bonds. The summed E-state index contributed by atoms with van der Waals surface area (Å²) < 4.78 is 11.0. The number of rotatable bonds is 8. The molecule has 106 valence electrons. The van der Waals surface area contributed by atoms with Gasteiger partial charge < -0.3 is 20.1 Å². The highest BCUT2D eigenvalue weighted by Gasteiger charge is 2.07. The number of nitrogens with one attached hydrogen (secondary N) is 2. The van der Waals surface area contributed by atoms with E-state index in [4.69, 9.17) is 9.47 Å². The summed E-state index contributed by atoms with van der Waals surface area (Å²) in [7, 11) is 0. The zero-order valence-electron chi connectivity index (χ0n) is 11.8. The lowest BCUT2D eigenvalue weighted by atomic mass is 10.2. The molecule has 0 aliphatic carbocycles. The van der Waals surface area contributed by atoms with E-state index in [-0.39, 0.29) is 12.5 Å². The minimum absolute atomic E-state index is 0.0493. The minimum Gasteiger partial charge on any atom is -0.494 e. The zero-order chi connectivity index (χ0) is 14.1. The van der Waals surface area contributed by atoms with E-state index in [1.165, 1.54) is 0 Å². The highest BCUT2D eigenvalue weighted by Crippen LogP contribution is 2.29.